The molecule has 1 saturated carbocycles. The lowest BCUT2D eigenvalue weighted by Gasteiger charge is -2.54. The highest BCUT2D eigenvalue weighted by molar-refractivity contribution is 5.81. The number of carbonyl (C=O) groups is 1. The minimum atomic E-state index is -2.63. The Hall–Kier alpha value is -0.750. The Balaban J connectivity index is 1.44. The molecule has 126 valence electrons. The van der Waals surface area contributed by atoms with Crippen LogP contribution in [0.25, 0.3) is 0 Å². The van der Waals surface area contributed by atoms with Gasteiger partial charge in [-0.15, -0.1) is 0 Å². The summed E-state index contributed by atoms with van der Waals surface area (Å²) < 4.78 is 37.1. The van der Waals surface area contributed by atoms with E-state index in [1.54, 1.807) is 4.90 Å². The summed E-state index contributed by atoms with van der Waals surface area (Å²) in [5.74, 6) is -2.65. The fourth-order valence-electron chi connectivity index (χ4n) is 3.89. The Morgan fingerprint density at radius 2 is 2.05 bits per heavy atom. The summed E-state index contributed by atoms with van der Waals surface area (Å²) in [6.45, 7) is 5.36. The highest BCUT2D eigenvalue weighted by Gasteiger charge is 2.55. The molecule has 0 radical (unpaired) electrons. The second-order valence-corrected chi connectivity index (χ2v) is 7.03. The molecular weight excluding hydrogens is 292 g/mol. The summed E-state index contributed by atoms with van der Waals surface area (Å²) in [5, 5.41) is 0. The molecule has 1 spiro atoms. The van der Waals surface area contributed by atoms with E-state index in [0.29, 0.717) is 19.0 Å². The van der Waals surface area contributed by atoms with Crippen molar-refractivity contribution < 1.29 is 23.0 Å². The first-order chi connectivity index (χ1) is 10.4. The minimum absolute atomic E-state index is 0.114. The van der Waals surface area contributed by atoms with Gasteiger partial charge in [-0.3, -0.25) is 4.79 Å². The number of ether oxygens (including phenoxy) is 2. The maximum Gasteiger partial charge on any atom is 0.249 e. The normalized spacial score (nSPS) is 30.0. The van der Waals surface area contributed by atoms with Crippen LogP contribution < -0.4 is 0 Å². The molecule has 2 heterocycles. The zero-order valence-corrected chi connectivity index (χ0v) is 13.2. The van der Waals surface area contributed by atoms with Crippen molar-refractivity contribution in [3.05, 3.63) is 0 Å². The van der Waals surface area contributed by atoms with Crippen molar-refractivity contribution in [2.75, 3.05) is 32.9 Å². The van der Waals surface area contributed by atoms with Crippen molar-refractivity contribution in [2.45, 2.75) is 50.6 Å². The maximum absolute atomic E-state index is 12.9. The van der Waals surface area contributed by atoms with Crippen LogP contribution in [0.3, 0.4) is 0 Å². The molecule has 3 aliphatic rings. The van der Waals surface area contributed by atoms with Crippen LogP contribution in [-0.2, 0) is 14.3 Å². The summed E-state index contributed by atoms with van der Waals surface area (Å²) in [7, 11) is 0. The van der Waals surface area contributed by atoms with E-state index >= 15 is 0 Å². The van der Waals surface area contributed by atoms with Crippen LogP contribution in [0.4, 0.5) is 8.78 Å². The Morgan fingerprint density at radius 3 is 2.68 bits per heavy atom. The molecule has 1 atom stereocenters. The van der Waals surface area contributed by atoms with Gasteiger partial charge in [-0.1, -0.05) is 0 Å². The molecule has 1 amide bonds. The standard InChI is InChI=1S/C16H25F2NO3/c1-2-21-5-3-12-4-6-22-15(7-12)10-19(11-15)14(20)13-8-16(17,18)9-13/h12-13H,2-11H2,1H3/t12-/m1/s1. The number of rotatable bonds is 5. The summed E-state index contributed by atoms with van der Waals surface area (Å²) in [4.78, 5) is 13.8. The molecule has 2 aliphatic heterocycles. The Bertz CT molecular complexity index is 416. The van der Waals surface area contributed by atoms with Crippen LogP contribution >= 0.6 is 0 Å². The van der Waals surface area contributed by atoms with Gasteiger partial charge >= 0.3 is 0 Å². The minimum Gasteiger partial charge on any atom is -0.382 e. The zero-order valence-electron chi connectivity index (χ0n) is 13.2. The molecule has 0 aromatic carbocycles. The molecule has 3 rings (SSSR count). The highest BCUT2D eigenvalue weighted by atomic mass is 19.3. The van der Waals surface area contributed by atoms with Crippen LogP contribution in [0.15, 0.2) is 0 Å². The molecule has 4 nitrogen and oxygen atoms in total. The number of hydrogen-bond donors (Lipinski definition) is 0. The van der Waals surface area contributed by atoms with Crippen molar-refractivity contribution in [3.63, 3.8) is 0 Å². The lowest BCUT2D eigenvalue weighted by atomic mass is 9.76. The van der Waals surface area contributed by atoms with Gasteiger partial charge in [-0.05, 0) is 32.1 Å². The molecule has 0 aromatic heterocycles. The molecule has 6 heteroatoms. The Labute approximate surface area is 130 Å². The van der Waals surface area contributed by atoms with E-state index in [1.807, 2.05) is 6.92 Å². The number of nitrogens with zero attached hydrogens (tertiary/aromatic N) is 1. The van der Waals surface area contributed by atoms with Crippen molar-refractivity contribution in [2.24, 2.45) is 11.8 Å². The number of hydrogen-bond acceptors (Lipinski definition) is 3. The van der Waals surface area contributed by atoms with Crippen molar-refractivity contribution >= 4 is 5.91 Å². The van der Waals surface area contributed by atoms with E-state index < -0.39 is 11.8 Å². The van der Waals surface area contributed by atoms with Crippen molar-refractivity contribution in [3.8, 4) is 0 Å². The van der Waals surface area contributed by atoms with Gasteiger partial charge in [0.05, 0.1) is 13.1 Å². The maximum atomic E-state index is 12.9. The first-order valence-electron chi connectivity index (χ1n) is 8.31. The summed E-state index contributed by atoms with van der Waals surface area (Å²) in [6, 6.07) is 0. The zero-order chi connectivity index (χ0) is 15.8. The van der Waals surface area contributed by atoms with E-state index in [-0.39, 0.29) is 24.3 Å². The van der Waals surface area contributed by atoms with Crippen LogP contribution in [0, 0.1) is 11.8 Å². The fourth-order valence-corrected chi connectivity index (χ4v) is 3.89. The number of likely N-dealkylation sites (tertiary alicyclic amines) is 1. The van der Waals surface area contributed by atoms with Gasteiger partial charge in [-0.25, -0.2) is 8.78 Å². The van der Waals surface area contributed by atoms with Crippen LogP contribution in [-0.4, -0.2) is 55.2 Å². The molecule has 0 unspecified atom stereocenters. The summed E-state index contributed by atoms with van der Waals surface area (Å²) >= 11 is 0. The third kappa shape index (κ3) is 3.27. The monoisotopic (exact) mass is 317 g/mol. The first-order valence-corrected chi connectivity index (χ1v) is 8.31. The number of alkyl halides is 2. The fraction of sp³-hybridized carbons (Fsp3) is 0.938. The van der Waals surface area contributed by atoms with E-state index in [0.717, 1.165) is 39.1 Å². The second-order valence-electron chi connectivity index (χ2n) is 7.03. The van der Waals surface area contributed by atoms with Crippen LogP contribution in [0.1, 0.15) is 39.0 Å². The largest absolute Gasteiger partial charge is 0.382 e. The predicted octanol–water partition coefficient (Wildman–Crippen LogP) is 2.47. The number of amides is 1. The topological polar surface area (TPSA) is 38.8 Å². The van der Waals surface area contributed by atoms with Gasteiger partial charge in [-0.2, -0.15) is 0 Å². The van der Waals surface area contributed by atoms with Gasteiger partial charge in [0.15, 0.2) is 0 Å². The quantitative estimate of drug-likeness (QED) is 0.731. The van der Waals surface area contributed by atoms with E-state index in [1.165, 1.54) is 0 Å². The van der Waals surface area contributed by atoms with Gasteiger partial charge < -0.3 is 14.4 Å². The third-order valence-electron chi connectivity index (χ3n) is 5.18. The van der Waals surface area contributed by atoms with Crippen molar-refractivity contribution in [1.82, 2.24) is 4.90 Å². The number of halogens is 2. The van der Waals surface area contributed by atoms with E-state index in [4.69, 9.17) is 9.47 Å². The molecule has 22 heavy (non-hydrogen) atoms. The van der Waals surface area contributed by atoms with E-state index in [2.05, 4.69) is 0 Å². The second kappa shape index (κ2) is 6.04. The molecule has 0 N–H and O–H groups in total. The predicted molar refractivity (Wildman–Crippen MR) is 76.8 cm³/mol. The lowest BCUT2D eigenvalue weighted by molar-refractivity contribution is -0.201. The van der Waals surface area contributed by atoms with Gasteiger partial charge in [0.2, 0.25) is 11.8 Å². The van der Waals surface area contributed by atoms with Crippen LogP contribution in [0.2, 0.25) is 0 Å². The van der Waals surface area contributed by atoms with Gasteiger partial charge in [0.1, 0.15) is 5.60 Å². The Kier molecular flexibility index (Phi) is 4.42. The summed E-state index contributed by atoms with van der Waals surface area (Å²) in [5.41, 5.74) is -0.225. The molecular formula is C16H25F2NO3. The third-order valence-corrected chi connectivity index (χ3v) is 5.18. The SMILES string of the molecule is CCOCC[C@@H]1CCOC2(C1)CN(C(=O)C1CC(F)(F)C1)C2. The number of carbonyl (C=O) groups excluding carboxylic acids is 1. The van der Waals surface area contributed by atoms with E-state index in [9.17, 15) is 13.6 Å². The molecule has 1 aliphatic carbocycles. The Morgan fingerprint density at radius 1 is 1.32 bits per heavy atom. The smallest absolute Gasteiger partial charge is 0.249 e. The summed E-state index contributed by atoms with van der Waals surface area (Å²) in [6.07, 6.45) is 2.45. The van der Waals surface area contributed by atoms with Crippen molar-refractivity contribution in [1.29, 1.82) is 0 Å². The average Bonchev–Trinajstić information content (AvgIpc) is 2.42. The van der Waals surface area contributed by atoms with Gasteiger partial charge in [0, 0.05) is 38.6 Å². The molecule has 2 saturated heterocycles. The lowest BCUT2D eigenvalue weighted by Crippen LogP contribution is -2.68. The first kappa shape index (κ1) is 16.1. The average molecular weight is 317 g/mol. The molecule has 0 bridgehead atoms. The molecule has 0 aromatic rings. The highest BCUT2D eigenvalue weighted by Crippen LogP contribution is 2.45. The van der Waals surface area contributed by atoms with Crippen LogP contribution in [0.5, 0.6) is 0 Å². The molecule has 3 fully saturated rings. The van der Waals surface area contributed by atoms with Gasteiger partial charge in [0.25, 0.3) is 0 Å².